The Morgan fingerprint density at radius 2 is 0.810 bits per heavy atom. The Hall–Kier alpha value is -7.75. The first kappa shape index (κ1) is 33.6. The summed E-state index contributed by atoms with van der Waals surface area (Å²) >= 11 is 0. The van der Waals surface area contributed by atoms with Crippen molar-refractivity contribution in [2.24, 2.45) is 0 Å². The van der Waals surface area contributed by atoms with Crippen LogP contribution in [0.4, 0.5) is 0 Å². The van der Waals surface area contributed by atoms with Crippen LogP contribution in [0.1, 0.15) is 0 Å². The first-order valence-electron chi connectivity index (χ1n) is 19.7. The number of fused-ring (bicyclic) bond motifs is 6. The summed E-state index contributed by atoms with van der Waals surface area (Å²) in [5.41, 5.74) is 11.7. The molecule has 0 saturated carbocycles. The highest BCUT2D eigenvalue weighted by Crippen LogP contribution is 2.43. The van der Waals surface area contributed by atoms with E-state index in [1.54, 1.807) is 6.20 Å². The molecule has 0 atom stereocenters. The van der Waals surface area contributed by atoms with E-state index in [2.05, 4.69) is 193 Å². The Kier molecular flexibility index (Phi) is 8.15. The van der Waals surface area contributed by atoms with Crippen molar-refractivity contribution in [2.45, 2.75) is 0 Å². The smallest absolute Gasteiger partial charge is 0.160 e. The van der Waals surface area contributed by atoms with E-state index in [0.29, 0.717) is 5.82 Å². The maximum atomic E-state index is 5.26. The molecule has 3 heteroatoms. The van der Waals surface area contributed by atoms with Gasteiger partial charge in [-0.05, 0) is 107 Å². The van der Waals surface area contributed by atoms with Crippen molar-refractivity contribution in [1.82, 2.24) is 15.0 Å². The lowest BCUT2D eigenvalue weighted by atomic mass is 9.86. The van der Waals surface area contributed by atoms with Crippen molar-refractivity contribution in [3.05, 3.63) is 213 Å². The monoisotopic (exact) mass is 737 g/mol. The number of benzene rings is 9. The van der Waals surface area contributed by atoms with Gasteiger partial charge in [0.15, 0.2) is 5.82 Å². The second kappa shape index (κ2) is 14.1. The van der Waals surface area contributed by atoms with Crippen LogP contribution in [-0.4, -0.2) is 15.0 Å². The third-order valence-corrected chi connectivity index (χ3v) is 11.3. The van der Waals surface area contributed by atoms with Gasteiger partial charge in [0.2, 0.25) is 0 Å². The zero-order valence-electron chi connectivity index (χ0n) is 31.5. The minimum Gasteiger partial charge on any atom is -0.264 e. The predicted molar refractivity (Wildman–Crippen MR) is 242 cm³/mol. The molecular weight excluding hydrogens is 703 g/mol. The topological polar surface area (TPSA) is 38.7 Å². The molecule has 0 saturated heterocycles. The number of pyridine rings is 1. The molecule has 0 aliphatic carbocycles. The summed E-state index contributed by atoms with van der Waals surface area (Å²) in [6.07, 6.45) is 3.70. The molecule has 58 heavy (non-hydrogen) atoms. The second-order valence-corrected chi connectivity index (χ2v) is 14.8. The summed E-state index contributed by atoms with van der Waals surface area (Å²) in [7, 11) is 0. The van der Waals surface area contributed by atoms with Crippen molar-refractivity contribution in [3.63, 3.8) is 0 Å². The van der Waals surface area contributed by atoms with Gasteiger partial charge in [0.05, 0.1) is 11.4 Å². The molecule has 0 radical (unpaired) electrons. The lowest BCUT2D eigenvalue weighted by molar-refractivity contribution is 1.18. The van der Waals surface area contributed by atoms with E-state index in [1.807, 2.05) is 18.3 Å². The van der Waals surface area contributed by atoms with Gasteiger partial charge in [-0.15, -0.1) is 0 Å². The average molecular weight is 738 g/mol. The molecule has 0 fully saturated rings. The summed E-state index contributed by atoms with van der Waals surface area (Å²) in [4.78, 5) is 14.8. The van der Waals surface area contributed by atoms with Crippen LogP contribution in [-0.2, 0) is 0 Å². The fourth-order valence-electron chi connectivity index (χ4n) is 8.57. The van der Waals surface area contributed by atoms with Gasteiger partial charge in [-0.3, -0.25) is 4.98 Å². The van der Waals surface area contributed by atoms with Gasteiger partial charge in [-0.1, -0.05) is 164 Å². The summed E-state index contributed by atoms with van der Waals surface area (Å²) in [5, 5.41) is 9.90. The van der Waals surface area contributed by atoms with Gasteiger partial charge in [0.25, 0.3) is 0 Å². The summed E-state index contributed by atoms with van der Waals surface area (Å²) < 4.78 is 0. The molecule has 0 bridgehead atoms. The SMILES string of the molecule is c1ccc(-c2cc(-c3cccc(-c4cccnc4)c3)nc(-c3cccc(-c4cc5c6ccccc6c(-c6cccc7ccccc67)cc5c5ccccc45)c3)n2)cc1. The Morgan fingerprint density at radius 3 is 1.57 bits per heavy atom. The van der Waals surface area contributed by atoms with E-state index < -0.39 is 0 Å². The van der Waals surface area contributed by atoms with Crippen LogP contribution in [0.3, 0.4) is 0 Å². The second-order valence-electron chi connectivity index (χ2n) is 14.8. The maximum Gasteiger partial charge on any atom is 0.160 e. The van der Waals surface area contributed by atoms with E-state index in [0.717, 1.165) is 44.8 Å². The molecule has 9 aromatic carbocycles. The molecule has 0 amide bonds. The Morgan fingerprint density at radius 1 is 0.276 bits per heavy atom. The van der Waals surface area contributed by atoms with Crippen molar-refractivity contribution >= 4 is 43.1 Å². The third kappa shape index (κ3) is 5.89. The molecule has 11 rings (SSSR count). The van der Waals surface area contributed by atoms with Crippen molar-refractivity contribution in [2.75, 3.05) is 0 Å². The lowest BCUT2D eigenvalue weighted by Gasteiger charge is -2.17. The van der Waals surface area contributed by atoms with Crippen molar-refractivity contribution in [3.8, 4) is 67.3 Å². The number of hydrogen-bond acceptors (Lipinski definition) is 3. The largest absolute Gasteiger partial charge is 0.264 e. The normalized spacial score (nSPS) is 11.4. The average Bonchev–Trinajstić information content (AvgIpc) is 3.31. The molecule has 270 valence electrons. The predicted octanol–water partition coefficient (Wildman–Crippen LogP) is 14.5. The van der Waals surface area contributed by atoms with Crippen molar-refractivity contribution < 1.29 is 0 Å². The fraction of sp³-hybridized carbons (Fsp3) is 0. The van der Waals surface area contributed by atoms with Gasteiger partial charge >= 0.3 is 0 Å². The minimum absolute atomic E-state index is 0.681. The Labute approximate surface area is 336 Å². The van der Waals surface area contributed by atoms with Gasteiger partial charge in [0, 0.05) is 34.6 Å². The Bertz CT molecular complexity index is 3330. The van der Waals surface area contributed by atoms with Crippen LogP contribution in [0.2, 0.25) is 0 Å². The zero-order valence-corrected chi connectivity index (χ0v) is 31.5. The summed E-state index contributed by atoms with van der Waals surface area (Å²) in [5.74, 6) is 0.681. The van der Waals surface area contributed by atoms with Gasteiger partial charge in [-0.25, -0.2) is 9.97 Å². The zero-order chi connectivity index (χ0) is 38.4. The van der Waals surface area contributed by atoms with Crippen LogP contribution < -0.4 is 0 Å². The number of nitrogens with zero attached hydrogens (tertiary/aromatic N) is 3. The first-order valence-corrected chi connectivity index (χ1v) is 19.7. The summed E-state index contributed by atoms with van der Waals surface area (Å²) in [6, 6.07) is 71.5. The first-order chi connectivity index (χ1) is 28.7. The molecular formula is C55H35N3. The standard InChI is InChI=1S/C55H35N3/c1-2-15-37(16-3-1)53-34-54(40-20-10-18-38(30-40)42-22-13-29-56-35-42)58-55(57-53)41-21-11-19-39(31-41)49-32-51-48-27-9-8-26-47(48)50(33-52(51)46-25-7-6-24-45(46)49)44-28-12-17-36-14-4-5-23-43(36)44/h1-35H. The third-order valence-electron chi connectivity index (χ3n) is 11.3. The maximum absolute atomic E-state index is 5.26. The van der Waals surface area contributed by atoms with Gasteiger partial charge in [0.1, 0.15) is 0 Å². The van der Waals surface area contributed by atoms with Crippen LogP contribution in [0.15, 0.2) is 213 Å². The highest BCUT2D eigenvalue weighted by Gasteiger charge is 2.17. The minimum atomic E-state index is 0.681. The van der Waals surface area contributed by atoms with Gasteiger partial charge in [-0.2, -0.15) is 0 Å². The quantitative estimate of drug-likeness (QED) is 0.160. The number of hydrogen-bond donors (Lipinski definition) is 0. The number of rotatable bonds is 6. The van der Waals surface area contributed by atoms with E-state index in [9.17, 15) is 0 Å². The van der Waals surface area contributed by atoms with E-state index in [4.69, 9.17) is 9.97 Å². The van der Waals surface area contributed by atoms with E-state index in [-0.39, 0.29) is 0 Å². The molecule has 0 aliphatic heterocycles. The summed E-state index contributed by atoms with van der Waals surface area (Å²) in [6.45, 7) is 0. The van der Waals surface area contributed by atoms with Gasteiger partial charge < -0.3 is 0 Å². The van der Waals surface area contributed by atoms with Crippen LogP contribution >= 0.6 is 0 Å². The van der Waals surface area contributed by atoms with E-state index in [1.165, 1.54) is 59.8 Å². The molecule has 0 unspecified atom stereocenters. The Balaban J connectivity index is 1.10. The number of aromatic nitrogens is 3. The molecule has 2 aromatic heterocycles. The molecule has 0 spiro atoms. The molecule has 0 N–H and O–H groups in total. The highest BCUT2D eigenvalue weighted by atomic mass is 14.9. The van der Waals surface area contributed by atoms with Crippen LogP contribution in [0.25, 0.3) is 110 Å². The fourth-order valence-corrected chi connectivity index (χ4v) is 8.57. The lowest BCUT2D eigenvalue weighted by Crippen LogP contribution is -1.96. The molecule has 2 heterocycles. The van der Waals surface area contributed by atoms with Crippen LogP contribution in [0.5, 0.6) is 0 Å². The molecule has 11 aromatic rings. The van der Waals surface area contributed by atoms with Crippen LogP contribution in [0, 0.1) is 0 Å². The molecule has 3 nitrogen and oxygen atoms in total. The van der Waals surface area contributed by atoms with E-state index >= 15 is 0 Å². The highest BCUT2D eigenvalue weighted by molar-refractivity contribution is 6.24. The van der Waals surface area contributed by atoms with Crippen molar-refractivity contribution in [1.29, 1.82) is 0 Å². The molecule has 0 aliphatic rings.